The first kappa shape index (κ1) is 14.4. The largest absolute Gasteiger partial charge is 0.493 e. The number of nitrogens with zero attached hydrogens (tertiary/aromatic N) is 1. The van der Waals surface area contributed by atoms with Gasteiger partial charge >= 0.3 is 0 Å². The first-order valence-corrected chi connectivity index (χ1v) is 7.26. The molecule has 2 aromatic carbocycles. The van der Waals surface area contributed by atoms with Gasteiger partial charge in [-0.05, 0) is 43.3 Å². The summed E-state index contributed by atoms with van der Waals surface area (Å²) in [5.74, 6) is 1.18. The molecule has 3 rings (SSSR count). The van der Waals surface area contributed by atoms with E-state index in [-0.39, 0.29) is 5.82 Å². The molecule has 0 fully saturated rings. The van der Waals surface area contributed by atoms with E-state index >= 15 is 0 Å². The fourth-order valence-electron chi connectivity index (χ4n) is 2.67. The van der Waals surface area contributed by atoms with Crippen molar-refractivity contribution in [3.05, 3.63) is 60.0 Å². The third-order valence-electron chi connectivity index (χ3n) is 3.71. The first-order chi connectivity index (χ1) is 10.7. The van der Waals surface area contributed by atoms with E-state index in [1.165, 1.54) is 6.07 Å². The predicted octanol–water partition coefficient (Wildman–Crippen LogP) is 4.39. The fraction of sp³-hybridized carbons (Fsp3) is 0.222. The van der Waals surface area contributed by atoms with E-state index < -0.39 is 0 Å². The summed E-state index contributed by atoms with van der Waals surface area (Å²) in [6, 6.07) is 14.4. The highest BCUT2D eigenvalue weighted by atomic mass is 19.1. The number of aryl methyl sites for hydroxylation is 1. The Balaban J connectivity index is 1.90. The SMILES string of the molecule is CCn1c(COc2ccccc2OC)cc2ccc(F)cc21. The molecule has 0 atom stereocenters. The van der Waals surface area contributed by atoms with Gasteiger partial charge in [-0.2, -0.15) is 0 Å². The molecule has 3 aromatic rings. The number of para-hydroxylation sites is 2. The fourth-order valence-corrected chi connectivity index (χ4v) is 2.67. The van der Waals surface area contributed by atoms with Crippen LogP contribution in [0.15, 0.2) is 48.5 Å². The summed E-state index contributed by atoms with van der Waals surface area (Å²) in [5, 5.41) is 1.02. The number of halogens is 1. The maximum atomic E-state index is 13.5. The summed E-state index contributed by atoms with van der Waals surface area (Å²) in [6.45, 7) is 3.21. The van der Waals surface area contributed by atoms with Crippen LogP contribution in [0.3, 0.4) is 0 Å². The smallest absolute Gasteiger partial charge is 0.161 e. The van der Waals surface area contributed by atoms with Gasteiger partial charge in [0.2, 0.25) is 0 Å². The average Bonchev–Trinajstić information content (AvgIpc) is 2.89. The molecule has 22 heavy (non-hydrogen) atoms. The summed E-state index contributed by atoms with van der Waals surface area (Å²) < 4.78 is 26.7. The van der Waals surface area contributed by atoms with Gasteiger partial charge < -0.3 is 14.0 Å². The number of benzene rings is 2. The molecule has 1 heterocycles. The van der Waals surface area contributed by atoms with Crippen LogP contribution >= 0.6 is 0 Å². The lowest BCUT2D eigenvalue weighted by Crippen LogP contribution is -2.05. The quantitative estimate of drug-likeness (QED) is 0.697. The Hall–Kier alpha value is -2.49. The topological polar surface area (TPSA) is 23.4 Å². The number of rotatable bonds is 5. The van der Waals surface area contributed by atoms with Crippen molar-refractivity contribution < 1.29 is 13.9 Å². The Morgan fingerprint density at radius 3 is 2.55 bits per heavy atom. The van der Waals surface area contributed by atoms with Gasteiger partial charge in [-0.1, -0.05) is 12.1 Å². The van der Waals surface area contributed by atoms with Crippen molar-refractivity contribution in [3.63, 3.8) is 0 Å². The maximum Gasteiger partial charge on any atom is 0.161 e. The van der Waals surface area contributed by atoms with Crippen molar-refractivity contribution in [2.24, 2.45) is 0 Å². The normalized spacial score (nSPS) is 10.9. The minimum atomic E-state index is -0.225. The molecule has 0 aliphatic rings. The van der Waals surface area contributed by atoms with Crippen LogP contribution in [0.2, 0.25) is 0 Å². The van der Waals surface area contributed by atoms with Crippen molar-refractivity contribution in [3.8, 4) is 11.5 Å². The average molecular weight is 299 g/mol. The summed E-state index contributed by atoms with van der Waals surface area (Å²) in [4.78, 5) is 0. The molecule has 3 nitrogen and oxygen atoms in total. The van der Waals surface area contributed by atoms with Gasteiger partial charge in [-0.25, -0.2) is 4.39 Å². The van der Waals surface area contributed by atoms with Crippen LogP contribution in [0, 0.1) is 5.82 Å². The van der Waals surface area contributed by atoms with Crippen LogP contribution in [-0.2, 0) is 13.2 Å². The van der Waals surface area contributed by atoms with Gasteiger partial charge in [0.25, 0.3) is 0 Å². The number of fused-ring (bicyclic) bond motifs is 1. The van der Waals surface area contributed by atoms with Crippen molar-refractivity contribution in [1.29, 1.82) is 0 Å². The molecular formula is C18H18FNO2. The molecule has 0 radical (unpaired) electrons. The van der Waals surface area contributed by atoms with Crippen LogP contribution in [0.25, 0.3) is 10.9 Å². The van der Waals surface area contributed by atoms with Gasteiger partial charge in [-0.3, -0.25) is 0 Å². The maximum absolute atomic E-state index is 13.5. The highest BCUT2D eigenvalue weighted by Crippen LogP contribution is 2.28. The third kappa shape index (κ3) is 2.64. The summed E-state index contributed by atoms with van der Waals surface area (Å²) in [7, 11) is 1.62. The Morgan fingerprint density at radius 1 is 1.05 bits per heavy atom. The van der Waals surface area contributed by atoms with Gasteiger partial charge in [-0.15, -0.1) is 0 Å². The molecule has 4 heteroatoms. The minimum Gasteiger partial charge on any atom is -0.493 e. The van der Waals surface area contributed by atoms with Crippen LogP contribution in [0.5, 0.6) is 11.5 Å². The van der Waals surface area contributed by atoms with Crippen LogP contribution in [0.1, 0.15) is 12.6 Å². The first-order valence-electron chi connectivity index (χ1n) is 7.26. The zero-order chi connectivity index (χ0) is 15.5. The van der Waals surface area contributed by atoms with E-state index in [1.54, 1.807) is 19.2 Å². The molecule has 0 aliphatic heterocycles. The van der Waals surface area contributed by atoms with Crippen molar-refractivity contribution in [2.45, 2.75) is 20.1 Å². The Labute approximate surface area is 128 Å². The van der Waals surface area contributed by atoms with Gasteiger partial charge in [0.05, 0.1) is 18.3 Å². The van der Waals surface area contributed by atoms with Crippen LogP contribution in [0.4, 0.5) is 4.39 Å². The molecule has 0 bridgehead atoms. The van der Waals surface area contributed by atoms with E-state index in [2.05, 4.69) is 4.57 Å². The van der Waals surface area contributed by atoms with Gasteiger partial charge in [0.1, 0.15) is 12.4 Å². The number of methoxy groups -OCH3 is 1. The molecule has 0 spiro atoms. The molecule has 0 amide bonds. The zero-order valence-corrected chi connectivity index (χ0v) is 12.7. The van der Waals surface area contributed by atoms with E-state index in [4.69, 9.17) is 9.47 Å². The number of ether oxygens (including phenoxy) is 2. The lowest BCUT2D eigenvalue weighted by atomic mass is 10.2. The van der Waals surface area contributed by atoms with E-state index in [9.17, 15) is 4.39 Å². The Kier molecular flexibility index (Phi) is 4.00. The van der Waals surface area contributed by atoms with Crippen molar-refractivity contribution >= 4 is 10.9 Å². The van der Waals surface area contributed by atoms with Crippen LogP contribution < -0.4 is 9.47 Å². The monoisotopic (exact) mass is 299 g/mol. The van der Waals surface area contributed by atoms with Crippen molar-refractivity contribution in [1.82, 2.24) is 4.57 Å². The molecule has 114 valence electrons. The Morgan fingerprint density at radius 2 is 1.82 bits per heavy atom. The molecule has 0 N–H and O–H groups in total. The zero-order valence-electron chi connectivity index (χ0n) is 12.7. The molecule has 0 aliphatic carbocycles. The Bertz CT molecular complexity index is 795. The van der Waals surface area contributed by atoms with Crippen molar-refractivity contribution in [2.75, 3.05) is 7.11 Å². The summed E-state index contributed by atoms with van der Waals surface area (Å²) >= 11 is 0. The van der Waals surface area contributed by atoms with E-state index in [0.717, 1.165) is 23.1 Å². The summed E-state index contributed by atoms with van der Waals surface area (Å²) in [5.41, 5.74) is 1.90. The summed E-state index contributed by atoms with van der Waals surface area (Å²) in [6.07, 6.45) is 0. The van der Waals surface area contributed by atoms with Gasteiger partial charge in [0.15, 0.2) is 11.5 Å². The molecule has 0 saturated carbocycles. The third-order valence-corrected chi connectivity index (χ3v) is 3.71. The lowest BCUT2D eigenvalue weighted by molar-refractivity contribution is 0.276. The second-order valence-corrected chi connectivity index (χ2v) is 5.02. The van der Waals surface area contributed by atoms with E-state index in [0.29, 0.717) is 18.1 Å². The second-order valence-electron chi connectivity index (χ2n) is 5.02. The highest BCUT2D eigenvalue weighted by molar-refractivity contribution is 5.81. The molecule has 1 aromatic heterocycles. The second kappa shape index (κ2) is 6.10. The standard InChI is InChI=1S/C18H18FNO2/c1-3-20-15(10-13-8-9-14(19)11-16(13)20)12-22-18-7-5-4-6-17(18)21-2/h4-11H,3,12H2,1-2H3. The number of hydrogen-bond acceptors (Lipinski definition) is 2. The molecular weight excluding hydrogens is 281 g/mol. The minimum absolute atomic E-state index is 0.225. The van der Waals surface area contributed by atoms with Crippen LogP contribution in [-0.4, -0.2) is 11.7 Å². The number of hydrogen-bond donors (Lipinski definition) is 0. The van der Waals surface area contributed by atoms with E-state index in [1.807, 2.05) is 37.3 Å². The highest BCUT2D eigenvalue weighted by Gasteiger charge is 2.10. The van der Waals surface area contributed by atoms with Gasteiger partial charge in [0, 0.05) is 11.9 Å². The number of aromatic nitrogens is 1. The molecule has 0 unspecified atom stereocenters. The lowest BCUT2D eigenvalue weighted by Gasteiger charge is -2.12. The molecule has 0 saturated heterocycles. The predicted molar refractivity (Wildman–Crippen MR) is 84.9 cm³/mol.